The summed E-state index contributed by atoms with van der Waals surface area (Å²) < 4.78 is 43.2. The molecule has 1 aliphatic rings. The van der Waals surface area contributed by atoms with Crippen LogP contribution in [0.15, 0.2) is 18.2 Å². The number of ether oxygens (including phenoxy) is 1. The molecule has 2 rings (SSSR count). The van der Waals surface area contributed by atoms with Gasteiger partial charge in [-0.1, -0.05) is 0 Å². The first-order chi connectivity index (χ1) is 7.88. The van der Waals surface area contributed by atoms with E-state index in [1.165, 1.54) is 0 Å². The predicted molar refractivity (Wildman–Crippen MR) is 52.1 cm³/mol. The first-order valence-electron chi connectivity index (χ1n) is 4.99. The zero-order valence-corrected chi connectivity index (χ0v) is 8.62. The molecule has 6 heteroatoms. The average Bonchev–Trinajstić information content (AvgIpc) is 3.00. The molecule has 0 heterocycles. The van der Waals surface area contributed by atoms with Gasteiger partial charge in [0.05, 0.1) is 17.2 Å². The van der Waals surface area contributed by atoms with Gasteiger partial charge >= 0.3 is 12.1 Å². The van der Waals surface area contributed by atoms with Gasteiger partial charge in [0.1, 0.15) is 5.75 Å². The van der Waals surface area contributed by atoms with Crippen LogP contribution in [-0.2, 0) is 6.18 Å². The van der Waals surface area contributed by atoms with Crippen molar-refractivity contribution in [2.45, 2.75) is 25.1 Å². The van der Waals surface area contributed by atoms with Crippen molar-refractivity contribution in [1.82, 2.24) is 0 Å². The highest BCUT2D eigenvalue weighted by Crippen LogP contribution is 2.39. The summed E-state index contributed by atoms with van der Waals surface area (Å²) in [6.07, 6.45) is -3.32. The molecule has 0 aromatic heterocycles. The molecular formula is C11H9F3O3. The lowest BCUT2D eigenvalue weighted by Gasteiger charge is -2.14. The highest BCUT2D eigenvalue weighted by atomic mass is 19.4. The average molecular weight is 246 g/mol. The number of carbonyl (C=O) groups is 1. The van der Waals surface area contributed by atoms with Gasteiger partial charge in [0.2, 0.25) is 0 Å². The molecule has 0 bridgehead atoms. The van der Waals surface area contributed by atoms with E-state index in [0.717, 1.165) is 25.0 Å². The molecule has 0 atom stereocenters. The smallest absolute Gasteiger partial charge is 0.419 e. The number of carboxylic acids is 1. The van der Waals surface area contributed by atoms with Gasteiger partial charge in [0.15, 0.2) is 0 Å². The first-order valence-corrected chi connectivity index (χ1v) is 4.99. The largest absolute Gasteiger partial charge is 0.490 e. The molecule has 1 aromatic rings. The molecule has 1 N–H and O–H groups in total. The number of alkyl halides is 3. The summed E-state index contributed by atoms with van der Waals surface area (Å²) in [7, 11) is 0. The van der Waals surface area contributed by atoms with Crippen LogP contribution < -0.4 is 4.74 Å². The third kappa shape index (κ3) is 2.69. The number of hydrogen-bond donors (Lipinski definition) is 1. The maximum Gasteiger partial charge on any atom is 0.419 e. The molecular weight excluding hydrogens is 237 g/mol. The second-order valence-electron chi connectivity index (χ2n) is 3.83. The Kier molecular flexibility index (Phi) is 2.73. The topological polar surface area (TPSA) is 46.5 Å². The van der Waals surface area contributed by atoms with Crippen LogP contribution in [0.2, 0.25) is 0 Å². The van der Waals surface area contributed by atoms with Crippen molar-refractivity contribution in [2.24, 2.45) is 0 Å². The van der Waals surface area contributed by atoms with E-state index >= 15 is 0 Å². The fraction of sp³-hybridized carbons (Fsp3) is 0.364. The summed E-state index contributed by atoms with van der Waals surface area (Å²) in [6.45, 7) is 0. The van der Waals surface area contributed by atoms with E-state index in [9.17, 15) is 18.0 Å². The van der Waals surface area contributed by atoms with Crippen LogP contribution in [0.4, 0.5) is 13.2 Å². The fourth-order valence-corrected chi connectivity index (χ4v) is 1.35. The summed E-state index contributed by atoms with van der Waals surface area (Å²) >= 11 is 0. The van der Waals surface area contributed by atoms with Crippen LogP contribution in [0.25, 0.3) is 0 Å². The minimum atomic E-state index is -4.62. The van der Waals surface area contributed by atoms with E-state index in [1.54, 1.807) is 0 Å². The number of aromatic carboxylic acids is 1. The number of carboxylic acid groups (broad SMARTS) is 1. The molecule has 1 fully saturated rings. The fourth-order valence-electron chi connectivity index (χ4n) is 1.35. The molecule has 92 valence electrons. The van der Waals surface area contributed by atoms with Gasteiger partial charge in [0.25, 0.3) is 0 Å². The minimum absolute atomic E-state index is 0.174. The Hall–Kier alpha value is -1.72. The Bertz CT molecular complexity index is 450. The Morgan fingerprint density at radius 3 is 2.47 bits per heavy atom. The lowest BCUT2D eigenvalue weighted by molar-refractivity contribution is -0.139. The number of hydrogen-bond acceptors (Lipinski definition) is 2. The molecule has 3 nitrogen and oxygen atoms in total. The summed E-state index contributed by atoms with van der Waals surface area (Å²) in [6, 6.07) is 2.76. The van der Waals surface area contributed by atoms with Gasteiger partial charge in [-0.25, -0.2) is 4.79 Å². The second-order valence-corrected chi connectivity index (χ2v) is 3.83. The zero-order chi connectivity index (χ0) is 12.6. The minimum Gasteiger partial charge on any atom is -0.490 e. The molecule has 0 saturated heterocycles. The van der Waals surface area contributed by atoms with Crippen LogP contribution in [0.1, 0.15) is 28.8 Å². The Labute approximate surface area is 94.8 Å². The third-order valence-electron chi connectivity index (χ3n) is 2.35. The van der Waals surface area contributed by atoms with Crippen LogP contribution in [0, 0.1) is 0 Å². The Morgan fingerprint density at radius 1 is 1.35 bits per heavy atom. The summed E-state index contributed by atoms with van der Waals surface area (Å²) in [5, 5.41) is 8.65. The lowest BCUT2D eigenvalue weighted by atomic mass is 10.1. The standard InChI is InChI=1S/C11H9F3O3/c12-11(13,14)8-5-6(10(15)16)1-4-9(8)17-7-2-3-7/h1,4-5,7H,2-3H2,(H,15,16). The Balaban J connectivity index is 2.39. The SMILES string of the molecule is O=C(O)c1ccc(OC2CC2)c(C(F)(F)F)c1. The molecule has 0 radical (unpaired) electrons. The van der Waals surface area contributed by atoms with Crippen molar-refractivity contribution < 1.29 is 27.8 Å². The van der Waals surface area contributed by atoms with Crippen molar-refractivity contribution in [3.8, 4) is 5.75 Å². The maximum absolute atomic E-state index is 12.7. The molecule has 0 unspecified atom stereocenters. The van der Waals surface area contributed by atoms with Crippen molar-refractivity contribution in [3.63, 3.8) is 0 Å². The number of rotatable bonds is 3. The van der Waals surface area contributed by atoms with E-state index in [1.807, 2.05) is 0 Å². The second kappa shape index (κ2) is 3.94. The van der Waals surface area contributed by atoms with E-state index < -0.39 is 23.3 Å². The number of halogens is 3. The van der Waals surface area contributed by atoms with E-state index in [2.05, 4.69) is 0 Å². The van der Waals surface area contributed by atoms with Gasteiger partial charge in [-0.3, -0.25) is 0 Å². The van der Waals surface area contributed by atoms with Crippen molar-refractivity contribution in [1.29, 1.82) is 0 Å². The lowest BCUT2D eigenvalue weighted by Crippen LogP contribution is -2.11. The molecule has 1 saturated carbocycles. The van der Waals surface area contributed by atoms with Crippen LogP contribution in [-0.4, -0.2) is 17.2 Å². The normalized spacial score (nSPS) is 15.7. The van der Waals surface area contributed by atoms with Gasteiger partial charge in [-0.15, -0.1) is 0 Å². The van der Waals surface area contributed by atoms with Gasteiger partial charge < -0.3 is 9.84 Å². The quantitative estimate of drug-likeness (QED) is 0.891. The molecule has 0 aliphatic heterocycles. The van der Waals surface area contributed by atoms with Gasteiger partial charge in [-0.05, 0) is 31.0 Å². The Morgan fingerprint density at radius 2 is 2.00 bits per heavy atom. The molecule has 0 amide bonds. The maximum atomic E-state index is 12.7. The summed E-state index contributed by atoms with van der Waals surface area (Å²) in [5.74, 6) is -1.70. The summed E-state index contributed by atoms with van der Waals surface area (Å²) in [5.41, 5.74) is -1.44. The molecule has 0 spiro atoms. The van der Waals surface area contributed by atoms with Gasteiger partial charge in [0, 0.05) is 0 Å². The molecule has 1 aromatic carbocycles. The van der Waals surface area contributed by atoms with Gasteiger partial charge in [-0.2, -0.15) is 13.2 Å². The third-order valence-corrected chi connectivity index (χ3v) is 2.35. The highest BCUT2D eigenvalue weighted by molar-refractivity contribution is 5.88. The van der Waals surface area contributed by atoms with Crippen molar-refractivity contribution in [2.75, 3.05) is 0 Å². The van der Waals surface area contributed by atoms with Crippen LogP contribution >= 0.6 is 0 Å². The van der Waals surface area contributed by atoms with Crippen LogP contribution in [0.3, 0.4) is 0 Å². The van der Waals surface area contributed by atoms with Crippen LogP contribution in [0.5, 0.6) is 5.75 Å². The first kappa shape index (κ1) is 11.8. The molecule has 17 heavy (non-hydrogen) atoms. The summed E-state index contributed by atoms with van der Waals surface area (Å²) in [4.78, 5) is 10.6. The van der Waals surface area contributed by atoms with E-state index in [0.29, 0.717) is 6.07 Å². The predicted octanol–water partition coefficient (Wildman–Crippen LogP) is 2.94. The van der Waals surface area contributed by atoms with Crippen molar-refractivity contribution >= 4 is 5.97 Å². The number of benzene rings is 1. The monoisotopic (exact) mass is 246 g/mol. The van der Waals surface area contributed by atoms with E-state index in [-0.39, 0.29) is 11.9 Å². The molecule has 1 aliphatic carbocycles. The van der Waals surface area contributed by atoms with Crippen molar-refractivity contribution in [3.05, 3.63) is 29.3 Å². The van der Waals surface area contributed by atoms with E-state index in [4.69, 9.17) is 9.84 Å². The highest BCUT2D eigenvalue weighted by Gasteiger charge is 2.37. The zero-order valence-electron chi connectivity index (χ0n) is 8.62.